The number of carboxylic acids is 1. The second-order valence-electron chi connectivity index (χ2n) is 8.71. The second-order valence-corrected chi connectivity index (χ2v) is 14.3. The van der Waals surface area contributed by atoms with E-state index in [0.717, 1.165) is 6.04 Å². The molecule has 6 N–H and O–H groups in total. The summed E-state index contributed by atoms with van der Waals surface area (Å²) in [5, 5.41) is 59.5. The zero-order valence-corrected chi connectivity index (χ0v) is 17.9. The van der Waals surface area contributed by atoms with Gasteiger partial charge in [0.15, 0.2) is 18.7 Å². The lowest BCUT2D eigenvalue weighted by atomic mass is 9.97. The minimum Gasteiger partial charge on any atom is -0.479 e. The van der Waals surface area contributed by atoms with Crippen LogP contribution in [0.1, 0.15) is 6.92 Å². The number of aliphatic carboxylic acids is 1. The quantitative estimate of drug-likeness (QED) is 0.243. The number of carbonyl (C=O) groups is 1. The van der Waals surface area contributed by atoms with Crippen molar-refractivity contribution in [3.8, 4) is 0 Å². The molecule has 2 heterocycles. The molecule has 0 unspecified atom stereocenters. The fourth-order valence-corrected chi connectivity index (χ4v) is 3.86. The number of aliphatic hydroxyl groups is 5. The zero-order chi connectivity index (χ0) is 22.1. The van der Waals surface area contributed by atoms with Crippen LogP contribution in [0, 0.1) is 0 Å². The first-order valence-corrected chi connectivity index (χ1v) is 13.3. The van der Waals surface area contributed by atoms with Crippen LogP contribution in [0.15, 0.2) is 0 Å². The molecule has 0 spiro atoms. The van der Waals surface area contributed by atoms with Gasteiger partial charge in [0.25, 0.3) is 0 Å². The highest BCUT2D eigenvalue weighted by molar-refractivity contribution is 6.76. The number of rotatable bonds is 7. The van der Waals surface area contributed by atoms with E-state index in [4.69, 9.17) is 24.1 Å². The van der Waals surface area contributed by atoms with Gasteiger partial charge in [-0.25, -0.2) is 4.79 Å². The van der Waals surface area contributed by atoms with Gasteiger partial charge in [0, 0.05) is 14.7 Å². The van der Waals surface area contributed by atoms with Gasteiger partial charge >= 0.3 is 5.97 Å². The summed E-state index contributed by atoms with van der Waals surface area (Å²) in [6.45, 7) is 8.41. The molecule has 0 bridgehead atoms. The number of hydrogen-bond donors (Lipinski definition) is 6. The summed E-state index contributed by atoms with van der Waals surface area (Å²) in [5.74, 6) is -1.55. The van der Waals surface area contributed by atoms with Crippen molar-refractivity contribution in [3.05, 3.63) is 0 Å². The molecule has 2 aliphatic rings. The summed E-state index contributed by atoms with van der Waals surface area (Å²) in [4.78, 5) is 11.2. The van der Waals surface area contributed by atoms with Gasteiger partial charge in [-0.05, 0) is 13.0 Å². The van der Waals surface area contributed by atoms with Gasteiger partial charge < -0.3 is 49.6 Å². The molecule has 0 aromatic rings. The topological polar surface area (TPSA) is 175 Å². The number of carboxylic acid groups (broad SMARTS) is 1. The Hall–Kier alpha value is -0.673. The van der Waals surface area contributed by atoms with E-state index in [0.29, 0.717) is 6.61 Å². The number of aliphatic hydroxyl groups excluding tert-OH is 5. The average Bonchev–Trinajstić information content (AvgIpc) is 2.61. The Morgan fingerprint density at radius 3 is 2.03 bits per heavy atom. The van der Waals surface area contributed by atoms with Crippen molar-refractivity contribution >= 4 is 14.0 Å². The van der Waals surface area contributed by atoms with Crippen molar-refractivity contribution in [1.29, 1.82) is 0 Å². The fourth-order valence-electron chi connectivity index (χ4n) is 3.13. The summed E-state index contributed by atoms with van der Waals surface area (Å²) in [6.07, 6.45) is -15.0. The lowest BCUT2D eigenvalue weighted by Crippen LogP contribution is -2.64. The Bertz CT molecular complexity index is 556. The molecule has 29 heavy (non-hydrogen) atoms. The first-order valence-electron chi connectivity index (χ1n) is 9.54. The summed E-state index contributed by atoms with van der Waals surface area (Å²) in [7, 11) is -1.36. The molecule has 12 heteroatoms. The molecule has 10 atom stereocenters. The molecule has 11 nitrogen and oxygen atoms in total. The van der Waals surface area contributed by atoms with Gasteiger partial charge in [-0.3, -0.25) is 0 Å². The van der Waals surface area contributed by atoms with Gasteiger partial charge in [-0.2, -0.15) is 0 Å². The average molecular weight is 441 g/mol. The first-order chi connectivity index (χ1) is 13.3. The van der Waals surface area contributed by atoms with E-state index in [1.165, 1.54) is 0 Å². The minimum absolute atomic E-state index is 0.358. The third kappa shape index (κ3) is 5.94. The second kappa shape index (κ2) is 9.64. The van der Waals surface area contributed by atoms with Gasteiger partial charge in [-0.1, -0.05) is 19.6 Å². The van der Waals surface area contributed by atoms with Crippen LogP contribution in [-0.4, -0.2) is 113 Å². The Morgan fingerprint density at radius 1 is 0.897 bits per heavy atom. The fraction of sp³-hybridized carbons (Fsp3) is 0.941. The van der Waals surface area contributed by atoms with Crippen LogP contribution in [0.25, 0.3) is 0 Å². The smallest absolute Gasteiger partial charge is 0.335 e. The molecule has 2 rings (SSSR count). The third-order valence-electron chi connectivity index (χ3n) is 5.02. The molecule has 2 saturated heterocycles. The van der Waals surface area contributed by atoms with E-state index in [1.807, 2.05) is 0 Å². The highest BCUT2D eigenvalue weighted by Gasteiger charge is 2.51. The van der Waals surface area contributed by atoms with Crippen LogP contribution >= 0.6 is 0 Å². The lowest BCUT2D eigenvalue weighted by Gasteiger charge is -2.45. The molecule has 0 aliphatic carbocycles. The minimum atomic E-state index is -1.86. The standard InChI is InChI=1S/C17H32O11Si/c1-7-13(10(20)12(22)16(26-7)25-5-6-29(2,3)4)27-17-11(21)8(18)9(19)14(28-17)15(23)24/h7-14,16-22H,5-6H2,1-4H3,(H,23,24)/t7-,8-,9-,10-,11+,12-,13+,14-,16-,17+/m0/s1. The maximum atomic E-state index is 11.2. The molecule has 2 aliphatic heterocycles. The SMILES string of the molecule is C[C@@H]1O[C@H](OCC[Si](C)(C)C)[C@@H](O)[C@H](O)[C@@H]1O[C@@H]1O[C@H](C(=O)O)[C@@H](O)[C@H](O)[C@H]1O. The van der Waals surface area contributed by atoms with E-state index in [1.54, 1.807) is 6.92 Å². The van der Waals surface area contributed by atoms with Crippen molar-refractivity contribution in [2.45, 2.75) is 94.0 Å². The predicted octanol–water partition coefficient (Wildman–Crippen LogP) is -1.91. The maximum Gasteiger partial charge on any atom is 0.335 e. The van der Waals surface area contributed by atoms with Crippen LogP contribution in [0.5, 0.6) is 0 Å². The lowest BCUT2D eigenvalue weighted by molar-refractivity contribution is -0.351. The van der Waals surface area contributed by atoms with Gasteiger partial charge in [0.1, 0.15) is 36.6 Å². The monoisotopic (exact) mass is 440 g/mol. The highest BCUT2D eigenvalue weighted by Crippen LogP contribution is 2.29. The summed E-state index contributed by atoms with van der Waals surface area (Å²) in [5.41, 5.74) is 0. The molecule has 0 saturated carbocycles. The zero-order valence-electron chi connectivity index (χ0n) is 16.9. The van der Waals surface area contributed by atoms with Crippen molar-refractivity contribution in [2.75, 3.05) is 6.61 Å². The summed E-state index contributed by atoms with van der Waals surface area (Å²) < 4.78 is 21.7. The van der Waals surface area contributed by atoms with Crippen LogP contribution < -0.4 is 0 Å². The maximum absolute atomic E-state index is 11.2. The molecule has 2 fully saturated rings. The number of hydrogen-bond acceptors (Lipinski definition) is 10. The van der Waals surface area contributed by atoms with Gasteiger partial charge in [0.05, 0.1) is 6.10 Å². The Morgan fingerprint density at radius 2 is 1.48 bits per heavy atom. The van der Waals surface area contributed by atoms with E-state index >= 15 is 0 Å². The van der Waals surface area contributed by atoms with Crippen LogP contribution in [-0.2, 0) is 23.7 Å². The molecule has 0 aromatic carbocycles. The van der Waals surface area contributed by atoms with Crippen molar-refractivity contribution in [1.82, 2.24) is 0 Å². The molecule has 0 amide bonds. The first kappa shape index (κ1) is 24.6. The summed E-state index contributed by atoms with van der Waals surface area (Å²) in [6, 6.07) is 0.836. The van der Waals surface area contributed by atoms with E-state index in [9.17, 15) is 30.3 Å². The molecular formula is C17H32O11Si. The summed E-state index contributed by atoms with van der Waals surface area (Å²) >= 11 is 0. The van der Waals surface area contributed by atoms with E-state index in [2.05, 4.69) is 19.6 Å². The van der Waals surface area contributed by atoms with Crippen LogP contribution in [0.4, 0.5) is 0 Å². The van der Waals surface area contributed by atoms with Crippen LogP contribution in [0.2, 0.25) is 25.7 Å². The molecular weight excluding hydrogens is 408 g/mol. The highest BCUT2D eigenvalue weighted by atomic mass is 28.3. The van der Waals surface area contributed by atoms with Gasteiger partial charge in [0.2, 0.25) is 0 Å². The number of ether oxygens (including phenoxy) is 4. The van der Waals surface area contributed by atoms with E-state index < -0.39 is 75.5 Å². The van der Waals surface area contributed by atoms with Crippen molar-refractivity contribution < 1.29 is 54.4 Å². The van der Waals surface area contributed by atoms with E-state index in [-0.39, 0.29) is 0 Å². The van der Waals surface area contributed by atoms with Gasteiger partial charge in [-0.15, -0.1) is 0 Å². The Kier molecular flexibility index (Phi) is 8.18. The van der Waals surface area contributed by atoms with Crippen LogP contribution in [0.3, 0.4) is 0 Å². The molecule has 170 valence electrons. The van der Waals surface area contributed by atoms with Crippen molar-refractivity contribution in [3.63, 3.8) is 0 Å². The Balaban J connectivity index is 2.01. The molecule has 0 aromatic heterocycles. The van der Waals surface area contributed by atoms with Crippen molar-refractivity contribution in [2.24, 2.45) is 0 Å². The normalized spacial score (nSPS) is 43.9. The Labute approximate surface area is 169 Å². The molecule has 0 radical (unpaired) electrons. The largest absolute Gasteiger partial charge is 0.479 e. The third-order valence-corrected chi connectivity index (χ3v) is 6.72. The predicted molar refractivity (Wildman–Crippen MR) is 99.6 cm³/mol.